The average molecular weight is 407 g/mol. The molecule has 7 heteroatoms. The highest BCUT2D eigenvalue weighted by Gasteiger charge is 2.54. The minimum atomic E-state index is -3.24. The van der Waals surface area contributed by atoms with Crippen LogP contribution in [0.4, 0.5) is 0 Å². The fourth-order valence-corrected chi connectivity index (χ4v) is 6.82. The van der Waals surface area contributed by atoms with Crippen LogP contribution in [0.5, 0.6) is 5.75 Å². The second-order valence-corrected chi connectivity index (χ2v) is 10.8. The van der Waals surface area contributed by atoms with E-state index in [2.05, 4.69) is 5.32 Å². The van der Waals surface area contributed by atoms with E-state index in [0.29, 0.717) is 19.6 Å². The van der Waals surface area contributed by atoms with Crippen molar-refractivity contribution in [2.24, 2.45) is 11.3 Å². The third-order valence-electron chi connectivity index (χ3n) is 6.71. The molecule has 1 amide bonds. The molecule has 0 radical (unpaired) electrons. The third kappa shape index (κ3) is 3.79. The fraction of sp³-hybridized carbons (Fsp3) is 0.667. The Bertz CT molecular complexity index is 811. The Morgan fingerprint density at radius 2 is 1.86 bits per heavy atom. The van der Waals surface area contributed by atoms with Gasteiger partial charge >= 0.3 is 0 Å². The molecule has 6 nitrogen and oxygen atoms in total. The lowest BCUT2D eigenvalue weighted by molar-refractivity contribution is -0.128. The van der Waals surface area contributed by atoms with Gasteiger partial charge in [0.2, 0.25) is 15.9 Å². The molecule has 1 heterocycles. The van der Waals surface area contributed by atoms with Crippen molar-refractivity contribution in [2.75, 3.05) is 20.2 Å². The van der Waals surface area contributed by atoms with Crippen molar-refractivity contribution in [3.8, 4) is 5.75 Å². The van der Waals surface area contributed by atoms with E-state index in [1.165, 1.54) is 6.42 Å². The van der Waals surface area contributed by atoms with Crippen LogP contribution in [0.25, 0.3) is 0 Å². The second-order valence-electron chi connectivity index (χ2n) is 8.58. The molecule has 1 unspecified atom stereocenters. The normalized spacial score (nSPS) is 25.0. The summed E-state index contributed by atoms with van der Waals surface area (Å²) < 4.78 is 32.4. The lowest BCUT2D eigenvalue weighted by Crippen LogP contribution is -2.42. The van der Waals surface area contributed by atoms with Crippen LogP contribution in [0.1, 0.15) is 50.5 Å². The van der Waals surface area contributed by atoms with Crippen molar-refractivity contribution in [1.82, 2.24) is 9.62 Å². The quantitative estimate of drug-likeness (QED) is 0.788. The zero-order valence-electron chi connectivity index (χ0n) is 16.5. The summed E-state index contributed by atoms with van der Waals surface area (Å²) in [5, 5.41) is 2.85. The Labute approximate surface area is 167 Å². The Morgan fingerprint density at radius 1 is 1.18 bits per heavy atom. The molecule has 4 rings (SSSR count). The minimum Gasteiger partial charge on any atom is -0.497 e. The first kappa shape index (κ1) is 19.7. The molecule has 1 aromatic rings. The van der Waals surface area contributed by atoms with Crippen LogP contribution < -0.4 is 10.1 Å². The van der Waals surface area contributed by atoms with Crippen LogP contribution in [-0.2, 0) is 21.4 Å². The molecule has 1 atom stereocenters. The molecule has 0 bridgehead atoms. The molecule has 3 aliphatic rings. The first-order valence-electron chi connectivity index (χ1n) is 10.3. The average Bonchev–Trinajstić information content (AvgIpc) is 3.51. The molecule has 3 fully saturated rings. The summed E-state index contributed by atoms with van der Waals surface area (Å²) in [6, 6.07) is 7.63. The largest absolute Gasteiger partial charge is 0.497 e. The number of nitrogens with zero attached hydrogens (tertiary/aromatic N) is 1. The third-order valence-corrected chi connectivity index (χ3v) is 9.03. The summed E-state index contributed by atoms with van der Waals surface area (Å²) in [6.07, 6.45) is 6.77. The Kier molecular flexibility index (Phi) is 5.40. The highest BCUT2D eigenvalue weighted by Crippen LogP contribution is 2.49. The SMILES string of the molecule is COc1ccc(CNC(=O)C2CN(S(=O)(=O)C3CC3)CC23CCCCC3)cc1. The number of carbonyl (C=O) groups excluding carboxylic acids is 1. The number of hydrogen-bond donors (Lipinski definition) is 1. The predicted octanol–water partition coefficient (Wildman–Crippen LogP) is 2.69. The number of carbonyl (C=O) groups is 1. The molecule has 0 aromatic heterocycles. The lowest BCUT2D eigenvalue weighted by Gasteiger charge is -2.37. The summed E-state index contributed by atoms with van der Waals surface area (Å²) in [5.41, 5.74) is 0.816. The van der Waals surface area contributed by atoms with E-state index in [4.69, 9.17) is 4.74 Å². The van der Waals surface area contributed by atoms with Gasteiger partial charge < -0.3 is 10.1 Å². The van der Waals surface area contributed by atoms with Crippen molar-refractivity contribution in [3.63, 3.8) is 0 Å². The molecular weight excluding hydrogens is 376 g/mol. The van der Waals surface area contributed by atoms with E-state index >= 15 is 0 Å². The van der Waals surface area contributed by atoms with Gasteiger partial charge in [0.05, 0.1) is 18.3 Å². The van der Waals surface area contributed by atoms with Crippen LogP contribution in [0.3, 0.4) is 0 Å². The number of hydrogen-bond acceptors (Lipinski definition) is 4. The number of amides is 1. The summed E-state index contributed by atoms with van der Waals surface area (Å²) in [4.78, 5) is 13.1. The molecule has 154 valence electrons. The van der Waals surface area contributed by atoms with Crippen molar-refractivity contribution >= 4 is 15.9 Å². The molecule has 1 aromatic carbocycles. The van der Waals surface area contributed by atoms with Crippen molar-refractivity contribution in [1.29, 1.82) is 0 Å². The molecule has 2 saturated carbocycles. The van der Waals surface area contributed by atoms with Crippen LogP contribution in [-0.4, -0.2) is 44.1 Å². The monoisotopic (exact) mass is 406 g/mol. The standard InChI is InChI=1S/C21H30N2O4S/c1-27-17-7-5-16(6-8-17)13-22-20(24)19-14-23(28(25,26)18-9-10-18)15-21(19)11-3-2-4-12-21/h5-8,18-19H,2-4,9-15H2,1H3,(H,22,24). The first-order chi connectivity index (χ1) is 13.4. The van der Waals surface area contributed by atoms with E-state index in [9.17, 15) is 13.2 Å². The number of sulfonamides is 1. The molecule has 1 N–H and O–H groups in total. The van der Waals surface area contributed by atoms with Gasteiger partial charge in [0.1, 0.15) is 5.75 Å². The summed E-state index contributed by atoms with van der Waals surface area (Å²) in [6.45, 7) is 1.31. The first-order valence-corrected chi connectivity index (χ1v) is 11.8. The van der Waals surface area contributed by atoms with Crippen LogP contribution in [0.15, 0.2) is 24.3 Å². The smallest absolute Gasteiger partial charge is 0.225 e. The topological polar surface area (TPSA) is 75.7 Å². The molecule has 1 spiro atoms. The van der Waals surface area contributed by atoms with Crippen molar-refractivity contribution in [2.45, 2.75) is 56.7 Å². The van der Waals surface area contributed by atoms with Crippen LogP contribution in [0, 0.1) is 11.3 Å². The summed E-state index contributed by atoms with van der Waals surface area (Å²) in [7, 11) is -1.62. The van der Waals surface area contributed by atoms with E-state index < -0.39 is 10.0 Å². The Balaban J connectivity index is 1.47. The minimum absolute atomic E-state index is 0.00813. The molecular formula is C21H30N2O4S. The summed E-state index contributed by atoms with van der Waals surface area (Å²) in [5.74, 6) is 0.527. The molecule has 28 heavy (non-hydrogen) atoms. The highest BCUT2D eigenvalue weighted by molar-refractivity contribution is 7.90. The van der Waals surface area contributed by atoms with Gasteiger partial charge in [-0.05, 0) is 48.8 Å². The van der Waals surface area contributed by atoms with Crippen molar-refractivity contribution < 1.29 is 17.9 Å². The number of nitrogens with one attached hydrogen (secondary N) is 1. The van der Waals surface area contributed by atoms with Crippen molar-refractivity contribution in [3.05, 3.63) is 29.8 Å². The maximum Gasteiger partial charge on any atom is 0.225 e. The zero-order chi connectivity index (χ0) is 19.8. The Morgan fingerprint density at radius 3 is 2.46 bits per heavy atom. The highest BCUT2D eigenvalue weighted by atomic mass is 32.2. The Hall–Kier alpha value is -1.60. The summed E-state index contributed by atoms with van der Waals surface area (Å²) >= 11 is 0. The maximum absolute atomic E-state index is 13.1. The van der Waals surface area contributed by atoms with E-state index in [1.807, 2.05) is 24.3 Å². The van der Waals surface area contributed by atoms with Crippen LogP contribution >= 0.6 is 0 Å². The van der Waals surface area contributed by atoms with E-state index in [1.54, 1.807) is 11.4 Å². The lowest BCUT2D eigenvalue weighted by atomic mass is 9.67. The van der Waals surface area contributed by atoms with E-state index in [-0.39, 0.29) is 22.5 Å². The van der Waals surface area contributed by atoms with Gasteiger partial charge in [-0.25, -0.2) is 12.7 Å². The van der Waals surface area contributed by atoms with Gasteiger partial charge in [-0.1, -0.05) is 31.4 Å². The van der Waals surface area contributed by atoms with Gasteiger partial charge in [0.15, 0.2) is 0 Å². The maximum atomic E-state index is 13.1. The number of ether oxygens (including phenoxy) is 1. The zero-order valence-corrected chi connectivity index (χ0v) is 17.3. The van der Waals surface area contributed by atoms with Gasteiger partial charge in [-0.2, -0.15) is 0 Å². The number of benzene rings is 1. The molecule has 1 saturated heterocycles. The van der Waals surface area contributed by atoms with Gasteiger partial charge in [-0.15, -0.1) is 0 Å². The second kappa shape index (κ2) is 7.67. The van der Waals surface area contributed by atoms with Gasteiger partial charge in [-0.3, -0.25) is 4.79 Å². The van der Waals surface area contributed by atoms with Gasteiger partial charge in [0, 0.05) is 19.6 Å². The van der Waals surface area contributed by atoms with Gasteiger partial charge in [0.25, 0.3) is 0 Å². The van der Waals surface area contributed by atoms with E-state index in [0.717, 1.165) is 49.8 Å². The van der Waals surface area contributed by atoms with Crippen LogP contribution in [0.2, 0.25) is 0 Å². The number of rotatable bonds is 6. The fourth-order valence-electron chi connectivity index (χ4n) is 4.87. The molecule has 1 aliphatic heterocycles. The number of methoxy groups -OCH3 is 1. The predicted molar refractivity (Wildman–Crippen MR) is 107 cm³/mol. The molecule has 2 aliphatic carbocycles.